The van der Waals surface area contributed by atoms with Gasteiger partial charge in [0.25, 0.3) is 0 Å². The SMILES string of the molecule is Cc1cc(C)c(Nc2nc(C)nc(Nc3c(C)cc(C)cc3C)c2[N+](=O)[O-])c(C)c1. The predicted octanol–water partition coefficient (Wildman–Crippen LogP) is 6.03. The van der Waals surface area contributed by atoms with Gasteiger partial charge in [0.2, 0.25) is 11.6 Å². The van der Waals surface area contributed by atoms with Crippen LogP contribution in [0.25, 0.3) is 0 Å². The standard InChI is InChI=1S/C23H27N5O2/c1-12-8-14(3)19(15(4)9-12)26-22-21(28(29)30)23(25-18(7)24-22)27-20-16(5)10-13(2)11-17(20)6/h8-11H,1-7H3,(H2,24,25,26,27). The van der Waals surface area contributed by atoms with Gasteiger partial charge >= 0.3 is 5.69 Å². The Morgan fingerprint density at radius 2 is 1.03 bits per heavy atom. The Hall–Kier alpha value is -3.48. The number of hydrogen-bond donors (Lipinski definition) is 2. The van der Waals surface area contributed by atoms with E-state index in [1.54, 1.807) is 6.92 Å². The zero-order chi connectivity index (χ0) is 22.2. The highest BCUT2D eigenvalue weighted by atomic mass is 16.6. The number of nitro groups is 1. The van der Waals surface area contributed by atoms with E-state index in [9.17, 15) is 10.1 Å². The maximum Gasteiger partial charge on any atom is 0.353 e. The first-order valence-electron chi connectivity index (χ1n) is 9.79. The van der Waals surface area contributed by atoms with E-state index in [-0.39, 0.29) is 17.3 Å². The lowest BCUT2D eigenvalue weighted by Gasteiger charge is -2.17. The quantitative estimate of drug-likeness (QED) is 0.397. The third kappa shape index (κ3) is 4.25. The Kier molecular flexibility index (Phi) is 5.73. The van der Waals surface area contributed by atoms with Crippen molar-refractivity contribution in [1.82, 2.24) is 9.97 Å². The first-order valence-corrected chi connectivity index (χ1v) is 9.79. The molecule has 3 aromatic rings. The number of benzene rings is 2. The van der Waals surface area contributed by atoms with Crippen molar-refractivity contribution in [3.63, 3.8) is 0 Å². The van der Waals surface area contributed by atoms with Gasteiger partial charge in [-0.2, -0.15) is 0 Å². The molecule has 0 radical (unpaired) electrons. The predicted molar refractivity (Wildman–Crippen MR) is 121 cm³/mol. The summed E-state index contributed by atoms with van der Waals surface area (Å²) in [6, 6.07) is 8.14. The highest BCUT2D eigenvalue weighted by Gasteiger charge is 2.26. The molecule has 0 spiro atoms. The largest absolute Gasteiger partial charge is 0.353 e. The van der Waals surface area contributed by atoms with Crippen LogP contribution in [0, 0.1) is 58.6 Å². The van der Waals surface area contributed by atoms with E-state index < -0.39 is 4.92 Å². The van der Waals surface area contributed by atoms with Gasteiger partial charge in [-0.25, -0.2) is 9.97 Å². The van der Waals surface area contributed by atoms with Gasteiger partial charge in [-0.3, -0.25) is 10.1 Å². The number of anilines is 4. The van der Waals surface area contributed by atoms with Crippen molar-refractivity contribution in [3.8, 4) is 0 Å². The summed E-state index contributed by atoms with van der Waals surface area (Å²) in [6.07, 6.45) is 0. The van der Waals surface area contributed by atoms with Crippen molar-refractivity contribution >= 4 is 28.7 Å². The van der Waals surface area contributed by atoms with Crippen molar-refractivity contribution in [3.05, 3.63) is 73.6 Å². The molecule has 0 aliphatic rings. The molecular formula is C23H27N5O2. The summed E-state index contributed by atoms with van der Waals surface area (Å²) >= 11 is 0. The van der Waals surface area contributed by atoms with Gasteiger partial charge in [-0.1, -0.05) is 35.4 Å². The fourth-order valence-corrected chi connectivity index (χ4v) is 3.91. The lowest BCUT2D eigenvalue weighted by molar-refractivity contribution is -0.383. The molecule has 7 nitrogen and oxygen atoms in total. The van der Waals surface area contributed by atoms with Gasteiger partial charge < -0.3 is 10.6 Å². The number of hydrogen-bond acceptors (Lipinski definition) is 6. The van der Waals surface area contributed by atoms with Crippen LogP contribution in [0.2, 0.25) is 0 Å². The molecule has 0 amide bonds. The lowest BCUT2D eigenvalue weighted by atomic mass is 10.0. The van der Waals surface area contributed by atoms with E-state index in [1.807, 2.05) is 65.8 Å². The number of aryl methyl sites for hydroxylation is 7. The highest BCUT2D eigenvalue weighted by Crippen LogP contribution is 2.37. The van der Waals surface area contributed by atoms with Crippen LogP contribution < -0.4 is 10.6 Å². The molecule has 1 heterocycles. The third-order valence-corrected chi connectivity index (χ3v) is 5.02. The zero-order valence-electron chi connectivity index (χ0n) is 18.5. The molecule has 0 saturated heterocycles. The molecule has 0 saturated carbocycles. The summed E-state index contributed by atoms with van der Waals surface area (Å²) < 4.78 is 0. The van der Waals surface area contributed by atoms with E-state index >= 15 is 0 Å². The number of nitrogens with zero attached hydrogens (tertiary/aromatic N) is 3. The first-order chi connectivity index (χ1) is 14.1. The summed E-state index contributed by atoms with van der Waals surface area (Å²) in [7, 11) is 0. The van der Waals surface area contributed by atoms with E-state index in [0.717, 1.165) is 44.8 Å². The molecule has 30 heavy (non-hydrogen) atoms. The smallest absolute Gasteiger partial charge is 0.334 e. The Balaban J connectivity index is 2.13. The van der Waals surface area contributed by atoms with Gasteiger partial charge in [-0.05, 0) is 70.7 Å². The molecule has 0 fully saturated rings. The fraction of sp³-hybridized carbons (Fsp3) is 0.304. The molecule has 0 aliphatic heterocycles. The van der Waals surface area contributed by atoms with Crippen LogP contribution in [0.3, 0.4) is 0 Å². The minimum Gasteiger partial charge on any atom is -0.334 e. The van der Waals surface area contributed by atoms with Crippen LogP contribution in [0.15, 0.2) is 24.3 Å². The van der Waals surface area contributed by atoms with Gasteiger partial charge in [0, 0.05) is 11.4 Å². The Morgan fingerprint density at radius 1 is 0.700 bits per heavy atom. The van der Waals surface area contributed by atoms with Crippen molar-refractivity contribution < 1.29 is 4.92 Å². The Labute approximate surface area is 176 Å². The zero-order valence-corrected chi connectivity index (χ0v) is 18.5. The summed E-state index contributed by atoms with van der Waals surface area (Å²) in [5.74, 6) is 0.787. The summed E-state index contributed by atoms with van der Waals surface area (Å²) in [6.45, 7) is 13.7. The van der Waals surface area contributed by atoms with Gasteiger partial charge in [0.1, 0.15) is 5.82 Å². The van der Waals surface area contributed by atoms with E-state index in [2.05, 4.69) is 20.6 Å². The maximum atomic E-state index is 12.0. The van der Waals surface area contributed by atoms with Crippen molar-refractivity contribution in [2.24, 2.45) is 0 Å². The van der Waals surface area contributed by atoms with Crippen LogP contribution in [0.1, 0.15) is 39.2 Å². The maximum absolute atomic E-state index is 12.0. The molecule has 0 bridgehead atoms. The van der Waals surface area contributed by atoms with Crippen molar-refractivity contribution in [2.75, 3.05) is 10.6 Å². The molecular weight excluding hydrogens is 378 g/mol. The molecule has 7 heteroatoms. The molecule has 2 N–H and O–H groups in total. The average Bonchev–Trinajstić information content (AvgIpc) is 2.60. The molecule has 2 aromatic carbocycles. The Bertz CT molecular complexity index is 1030. The molecule has 0 unspecified atom stereocenters. The summed E-state index contributed by atoms with van der Waals surface area (Å²) in [5, 5.41) is 18.4. The number of aromatic nitrogens is 2. The Morgan fingerprint density at radius 3 is 1.33 bits per heavy atom. The van der Waals surface area contributed by atoms with E-state index in [0.29, 0.717) is 5.82 Å². The van der Waals surface area contributed by atoms with Crippen molar-refractivity contribution in [1.29, 1.82) is 0 Å². The van der Waals surface area contributed by atoms with Crippen LogP contribution in [0.4, 0.5) is 28.7 Å². The van der Waals surface area contributed by atoms with E-state index in [1.165, 1.54) is 0 Å². The second-order valence-electron chi connectivity index (χ2n) is 7.87. The van der Waals surface area contributed by atoms with Gasteiger partial charge in [-0.15, -0.1) is 0 Å². The second-order valence-corrected chi connectivity index (χ2v) is 7.87. The molecule has 0 atom stereocenters. The number of rotatable bonds is 5. The minimum atomic E-state index is -0.443. The first kappa shape index (κ1) is 21.2. The van der Waals surface area contributed by atoms with Gasteiger partial charge in [0.05, 0.1) is 4.92 Å². The fourth-order valence-electron chi connectivity index (χ4n) is 3.91. The van der Waals surface area contributed by atoms with Crippen LogP contribution in [-0.2, 0) is 0 Å². The molecule has 156 valence electrons. The third-order valence-electron chi connectivity index (χ3n) is 5.02. The molecule has 1 aromatic heterocycles. The molecule has 3 rings (SSSR count). The highest BCUT2D eigenvalue weighted by molar-refractivity contribution is 5.80. The monoisotopic (exact) mass is 405 g/mol. The van der Waals surface area contributed by atoms with Gasteiger partial charge in [0.15, 0.2) is 0 Å². The minimum absolute atomic E-state index is 0.174. The summed E-state index contributed by atoms with van der Waals surface area (Å²) in [5.41, 5.74) is 7.71. The second kappa shape index (κ2) is 8.10. The van der Waals surface area contributed by atoms with Crippen molar-refractivity contribution in [2.45, 2.75) is 48.5 Å². The average molecular weight is 406 g/mol. The van der Waals surface area contributed by atoms with Crippen LogP contribution >= 0.6 is 0 Å². The van der Waals surface area contributed by atoms with Crippen LogP contribution in [0.5, 0.6) is 0 Å². The van der Waals surface area contributed by atoms with E-state index in [4.69, 9.17) is 0 Å². The number of nitrogens with one attached hydrogen (secondary N) is 2. The topological polar surface area (TPSA) is 93.0 Å². The normalized spacial score (nSPS) is 10.8. The van der Waals surface area contributed by atoms with Crippen LogP contribution in [-0.4, -0.2) is 14.9 Å². The summed E-state index contributed by atoms with van der Waals surface area (Å²) in [4.78, 5) is 20.3. The molecule has 0 aliphatic carbocycles. The lowest BCUT2D eigenvalue weighted by Crippen LogP contribution is -2.09.